The number of hydrogen-bond acceptors (Lipinski definition) is 18. The molecule has 2 aromatic carbocycles. The highest BCUT2D eigenvalue weighted by Crippen LogP contribution is 2.28. The van der Waals surface area contributed by atoms with Crippen molar-refractivity contribution in [2.75, 3.05) is 51.4 Å². The number of phenolic OH excluding ortho intramolecular Hbond substituents is 1. The Kier molecular flexibility index (Phi) is 32.2. The van der Waals surface area contributed by atoms with Gasteiger partial charge in [0.15, 0.2) is 5.96 Å². The highest BCUT2D eigenvalue weighted by atomic mass is 32.2. The standard InChI is InChI=1S/C64H95N13O15S2/c1-6-7-15-46(57(85)72-48(34-54(81)82)58(86)74-49(35-64(2,3)4)61(89)76-25-13-18-52(76)60(88)73-47(55(83)67-24-27-78)33-40-19-21-43(79)22-20-40)71-59(87)51-17-14-26-77(51)62(90)50-39-94-38-42-30-41(37-93-5)31-44(32-42)91-28-10-8-9-11-29-92-69-36-53(80)70-45(56(84)75-50)16-12-23-68-63(65)66/h19-22,27,30-32,36,45-52,79H,6-18,23-26,28-29,33-35,37-39H2,1-5H3,(H,67,83)(H,70,80)(H,71,87)(H,72,85)(H,73,88)(H,74,86)(H,75,84)(H,81,82)(H4,65,66,68)/b69-36+/t45-,46-,47-,48-,49-,50-,51-,52-/m0/s1. The Hall–Kier alpha value is -8.15. The van der Waals surface area contributed by atoms with Gasteiger partial charge >= 0.3 is 5.97 Å². The number of aldehydes is 1. The maximum absolute atomic E-state index is 15.0. The van der Waals surface area contributed by atoms with Crippen LogP contribution in [0.25, 0.3) is 0 Å². The first kappa shape index (κ1) is 76.6. The number of guanidine groups is 1. The third kappa shape index (κ3) is 26.3. The minimum atomic E-state index is -1.79. The van der Waals surface area contributed by atoms with Gasteiger partial charge in [-0.2, -0.15) is 23.5 Å². The second-order valence-electron chi connectivity index (χ2n) is 24.8. The number of carbonyl (C=O) groups is 11. The molecule has 28 nitrogen and oxygen atoms in total. The van der Waals surface area contributed by atoms with Crippen molar-refractivity contribution in [3.63, 3.8) is 0 Å². The molecule has 2 fully saturated rings. The van der Waals surface area contributed by atoms with Crippen LogP contribution >= 0.6 is 23.5 Å². The second kappa shape index (κ2) is 39.5. The van der Waals surface area contributed by atoms with E-state index in [0.717, 1.165) is 42.4 Å². The summed E-state index contributed by atoms with van der Waals surface area (Å²) < 4.78 is 6.20. The Morgan fingerprint density at radius 1 is 0.819 bits per heavy atom. The number of amides is 9. The smallest absolute Gasteiger partial charge is 0.305 e. The molecule has 8 atom stereocenters. The lowest BCUT2D eigenvalue weighted by atomic mass is 9.87. The Morgan fingerprint density at radius 3 is 2.14 bits per heavy atom. The number of nitrogens with one attached hydrogen (secondary N) is 9. The number of rotatable bonds is 27. The van der Waals surface area contributed by atoms with E-state index in [4.69, 9.17) is 20.7 Å². The number of carboxylic acids is 1. The number of hydrogen-bond donors (Lipinski definition) is 12. The van der Waals surface area contributed by atoms with Crippen molar-refractivity contribution in [2.45, 2.75) is 190 Å². The van der Waals surface area contributed by atoms with Gasteiger partial charge in [-0.1, -0.05) is 63.9 Å². The molecule has 13 N–H and O–H groups in total. The molecule has 3 heterocycles. The number of oxime groups is 1. The first-order valence-electron chi connectivity index (χ1n) is 32.1. The summed E-state index contributed by atoms with van der Waals surface area (Å²) >= 11 is 3.01. The van der Waals surface area contributed by atoms with Gasteiger partial charge in [0, 0.05) is 43.3 Å². The molecule has 5 rings (SSSR count). The number of nitrogens with zero attached hydrogens (tertiary/aromatic N) is 3. The van der Waals surface area contributed by atoms with Crippen molar-refractivity contribution in [1.29, 1.82) is 5.41 Å². The van der Waals surface area contributed by atoms with Crippen molar-refractivity contribution in [3.05, 3.63) is 59.2 Å². The average molecular weight is 1350 g/mol. The largest absolute Gasteiger partial charge is 0.508 e. The molecule has 3 aliphatic heterocycles. The zero-order valence-corrected chi connectivity index (χ0v) is 56.1. The fourth-order valence-electron chi connectivity index (χ4n) is 11.1. The molecule has 518 valence electrons. The van der Waals surface area contributed by atoms with Crippen molar-refractivity contribution < 1.29 is 72.5 Å². The normalized spacial score (nSPS) is 20.0. The van der Waals surface area contributed by atoms with Crippen LogP contribution in [0.5, 0.6) is 11.5 Å². The van der Waals surface area contributed by atoms with Crippen LogP contribution in [-0.4, -0.2) is 197 Å². The summed E-state index contributed by atoms with van der Waals surface area (Å²) in [6.07, 6.45) is 7.96. The predicted octanol–water partition coefficient (Wildman–Crippen LogP) is 2.26. The third-order valence-corrected chi connectivity index (χ3v) is 17.5. The molecule has 0 aliphatic carbocycles. The monoisotopic (exact) mass is 1350 g/mol. The molecule has 0 unspecified atom stereocenters. The number of aromatic hydroxyl groups is 1. The van der Waals surface area contributed by atoms with E-state index in [0.29, 0.717) is 62.1 Å². The third-order valence-electron chi connectivity index (χ3n) is 15.7. The van der Waals surface area contributed by atoms with Crippen LogP contribution in [0.3, 0.4) is 0 Å². The van der Waals surface area contributed by atoms with Gasteiger partial charge < -0.3 is 82.6 Å². The second-order valence-corrected chi connectivity index (χ2v) is 26.7. The molecule has 0 spiro atoms. The fourth-order valence-corrected chi connectivity index (χ4v) is 12.6. The molecule has 0 saturated carbocycles. The average Bonchev–Trinajstić information content (AvgIpc) is 1.82. The van der Waals surface area contributed by atoms with Crippen LogP contribution in [0.1, 0.15) is 141 Å². The number of phenols is 1. The summed E-state index contributed by atoms with van der Waals surface area (Å²) in [6.45, 7) is 8.03. The van der Waals surface area contributed by atoms with E-state index in [-0.39, 0.29) is 95.2 Å². The van der Waals surface area contributed by atoms with Crippen molar-refractivity contribution in [1.82, 2.24) is 52.3 Å². The molecule has 0 aromatic heterocycles. The molecule has 30 heteroatoms. The first-order valence-corrected chi connectivity index (χ1v) is 34.6. The Balaban J connectivity index is 1.37. The fraction of sp³-hybridized carbons (Fsp3) is 0.609. The summed E-state index contributed by atoms with van der Waals surface area (Å²) in [4.78, 5) is 160. The predicted molar refractivity (Wildman–Crippen MR) is 355 cm³/mol. The number of likely N-dealkylation sites (tertiary alicyclic amines) is 2. The lowest BCUT2D eigenvalue weighted by Gasteiger charge is -2.33. The SMILES string of the molecule is CCCC[C@H](NC(=O)[C@@H]1CCCN1C(=O)[C@@H]1CSCc2cc(CSC)cc(c2)OCCCCCCO/N=C/C(=O)N[C@@H](CCCNC(=N)N)C(=O)N1)C(=O)N[C@@H](CC(=O)O)C(=O)N[C@@H](CC(C)(C)C)C(=O)N1CCC[C@H]1C(=O)N[C@@H](Cc1ccc(O)cc1)C(=O)NCC=O. The van der Waals surface area contributed by atoms with Gasteiger partial charge in [0.1, 0.15) is 78.9 Å². The maximum Gasteiger partial charge on any atom is 0.305 e. The van der Waals surface area contributed by atoms with Gasteiger partial charge in [-0.25, -0.2) is 0 Å². The minimum absolute atomic E-state index is 0.00649. The lowest BCUT2D eigenvalue weighted by Crippen LogP contribution is -2.60. The van der Waals surface area contributed by atoms with Crippen LogP contribution in [0.2, 0.25) is 0 Å². The van der Waals surface area contributed by atoms with Crippen molar-refractivity contribution in [3.8, 4) is 11.5 Å². The van der Waals surface area contributed by atoms with E-state index < -0.39 is 119 Å². The molecule has 9 amide bonds. The lowest BCUT2D eigenvalue weighted by molar-refractivity contribution is -0.144. The van der Waals surface area contributed by atoms with E-state index in [2.05, 4.69) is 53.8 Å². The Morgan fingerprint density at radius 2 is 1.48 bits per heavy atom. The minimum Gasteiger partial charge on any atom is -0.508 e. The number of unbranched alkanes of at least 4 members (excludes halogenated alkanes) is 1. The van der Waals surface area contributed by atoms with Crippen molar-refractivity contribution in [2.24, 2.45) is 16.3 Å². The van der Waals surface area contributed by atoms with Crippen LogP contribution in [0, 0.1) is 10.8 Å². The molecular formula is C64H95N13O15S2. The highest BCUT2D eigenvalue weighted by Gasteiger charge is 2.43. The van der Waals surface area contributed by atoms with Crippen LogP contribution in [0.15, 0.2) is 47.6 Å². The van der Waals surface area contributed by atoms with E-state index in [1.807, 2.05) is 25.3 Å². The Bertz CT molecular complexity index is 2950. The molecule has 0 radical (unpaired) electrons. The number of fused-ring (bicyclic) bond motifs is 2. The Labute approximate surface area is 557 Å². The number of benzene rings is 2. The number of aliphatic carboxylic acids is 1. The van der Waals surface area contributed by atoms with Gasteiger partial charge in [-0.3, -0.25) is 53.4 Å². The zero-order chi connectivity index (χ0) is 68.7. The van der Waals surface area contributed by atoms with Gasteiger partial charge in [-0.05, 0) is 130 Å². The quantitative estimate of drug-likeness (QED) is 0.0264. The van der Waals surface area contributed by atoms with Crippen LogP contribution < -0.4 is 53.0 Å². The number of ether oxygens (including phenoxy) is 1. The number of carboxylic acid groups (broad SMARTS) is 1. The zero-order valence-electron chi connectivity index (χ0n) is 54.4. The molecular weight excluding hydrogens is 1250 g/mol. The molecule has 2 saturated heterocycles. The summed E-state index contributed by atoms with van der Waals surface area (Å²) in [6, 6.07) is 1.51. The molecule has 94 heavy (non-hydrogen) atoms. The molecule has 3 aliphatic rings. The maximum atomic E-state index is 15.0. The van der Waals surface area contributed by atoms with Gasteiger partial charge in [0.05, 0.1) is 19.6 Å². The topological polar surface area (TPSA) is 412 Å². The number of thioether (sulfide) groups is 2. The van der Waals surface area contributed by atoms with E-state index in [1.165, 1.54) is 33.7 Å². The van der Waals surface area contributed by atoms with Gasteiger partial charge in [0.25, 0.3) is 5.91 Å². The number of carbonyl (C=O) groups excluding carboxylic acids is 10. The van der Waals surface area contributed by atoms with Crippen molar-refractivity contribution >= 4 is 101 Å². The molecule has 2 aromatic rings. The van der Waals surface area contributed by atoms with Gasteiger partial charge in [0.2, 0.25) is 47.3 Å². The summed E-state index contributed by atoms with van der Waals surface area (Å²) in [5.74, 6) is -6.76. The van der Waals surface area contributed by atoms with Crippen LogP contribution in [0.4, 0.5) is 0 Å². The van der Waals surface area contributed by atoms with Gasteiger partial charge in [-0.15, -0.1) is 0 Å². The van der Waals surface area contributed by atoms with E-state index in [1.54, 1.807) is 44.7 Å². The van der Waals surface area contributed by atoms with E-state index >= 15 is 4.79 Å². The molecule has 2 bridgehead atoms. The summed E-state index contributed by atoms with van der Waals surface area (Å²) in [5, 5.41) is 52.6. The van der Waals surface area contributed by atoms with E-state index in [9.17, 15) is 58.2 Å². The first-order chi connectivity index (χ1) is 44.9. The summed E-state index contributed by atoms with van der Waals surface area (Å²) in [7, 11) is 0. The summed E-state index contributed by atoms with van der Waals surface area (Å²) in [5.41, 5.74) is 7.37. The van der Waals surface area contributed by atoms with Crippen LogP contribution in [-0.2, 0) is 75.5 Å². The highest BCUT2D eigenvalue weighted by molar-refractivity contribution is 7.98. The number of nitrogens with two attached hydrogens (primary N) is 1.